The molecule has 2 aromatic carbocycles. The molecule has 1 aliphatic carbocycles. The van der Waals surface area contributed by atoms with Gasteiger partial charge in [0, 0.05) is 31.0 Å². The topological polar surface area (TPSA) is 93.6 Å². The van der Waals surface area contributed by atoms with Crippen LogP contribution in [0.25, 0.3) is 6.08 Å². The molecule has 0 atom stereocenters. The Labute approximate surface area is 193 Å². The molecular formula is C24H24N4O4S. The van der Waals surface area contributed by atoms with E-state index in [1.54, 1.807) is 36.5 Å². The van der Waals surface area contributed by atoms with E-state index in [0.717, 1.165) is 12.0 Å². The SMILES string of the molecule is CC1=Cc2cc(Oc3ccnc(Nc4cccc(S(=O)(=O)N5CCOCC5)c4)n3)ccc2C1. The van der Waals surface area contributed by atoms with Crippen LogP contribution in [0, 0.1) is 0 Å². The molecule has 0 bridgehead atoms. The molecule has 9 heteroatoms. The highest BCUT2D eigenvalue weighted by molar-refractivity contribution is 7.89. The molecule has 0 amide bonds. The van der Waals surface area contributed by atoms with Gasteiger partial charge >= 0.3 is 0 Å². The number of nitrogens with one attached hydrogen (secondary N) is 1. The molecule has 2 aliphatic rings. The van der Waals surface area contributed by atoms with Crippen molar-refractivity contribution in [2.45, 2.75) is 18.2 Å². The summed E-state index contributed by atoms with van der Waals surface area (Å²) >= 11 is 0. The number of anilines is 2. The van der Waals surface area contributed by atoms with Crippen molar-refractivity contribution in [1.82, 2.24) is 14.3 Å². The van der Waals surface area contributed by atoms with Crippen molar-refractivity contribution in [3.05, 3.63) is 71.4 Å². The van der Waals surface area contributed by atoms with Gasteiger partial charge in [-0.3, -0.25) is 0 Å². The number of hydrogen-bond donors (Lipinski definition) is 1. The number of hydrogen-bond acceptors (Lipinski definition) is 7. The number of benzene rings is 2. The van der Waals surface area contributed by atoms with Gasteiger partial charge in [-0.05, 0) is 54.8 Å². The summed E-state index contributed by atoms with van der Waals surface area (Å²) in [5, 5.41) is 3.07. The molecule has 8 nitrogen and oxygen atoms in total. The molecule has 0 unspecified atom stereocenters. The molecule has 1 fully saturated rings. The minimum atomic E-state index is -3.59. The fourth-order valence-corrected chi connectivity index (χ4v) is 5.38. The third-order valence-electron chi connectivity index (χ3n) is 5.54. The fourth-order valence-electron chi connectivity index (χ4n) is 3.93. The summed E-state index contributed by atoms with van der Waals surface area (Å²) in [5.41, 5.74) is 4.35. The van der Waals surface area contributed by atoms with Gasteiger partial charge in [0.25, 0.3) is 0 Å². The number of ether oxygens (including phenoxy) is 2. The van der Waals surface area contributed by atoms with Crippen LogP contribution in [0.3, 0.4) is 0 Å². The Morgan fingerprint density at radius 3 is 2.79 bits per heavy atom. The first kappa shape index (κ1) is 21.6. The summed E-state index contributed by atoms with van der Waals surface area (Å²) in [4.78, 5) is 8.87. The smallest absolute Gasteiger partial charge is 0.243 e. The lowest BCUT2D eigenvalue weighted by molar-refractivity contribution is 0.0730. The van der Waals surface area contributed by atoms with Crippen molar-refractivity contribution in [2.75, 3.05) is 31.6 Å². The zero-order chi connectivity index (χ0) is 22.8. The lowest BCUT2D eigenvalue weighted by Crippen LogP contribution is -2.40. The zero-order valence-corrected chi connectivity index (χ0v) is 19.0. The molecule has 1 aromatic heterocycles. The molecule has 170 valence electrons. The predicted octanol–water partition coefficient (Wildman–Crippen LogP) is 3.99. The summed E-state index contributed by atoms with van der Waals surface area (Å²) in [7, 11) is -3.59. The first-order chi connectivity index (χ1) is 16.0. The molecule has 3 aromatic rings. The van der Waals surface area contributed by atoms with Gasteiger partial charge in [0.1, 0.15) is 5.75 Å². The zero-order valence-electron chi connectivity index (χ0n) is 18.2. The van der Waals surface area contributed by atoms with Crippen LogP contribution in [0.1, 0.15) is 18.1 Å². The Hall–Kier alpha value is -3.27. The lowest BCUT2D eigenvalue weighted by Gasteiger charge is -2.26. The number of allylic oxidation sites excluding steroid dienone is 1. The maximum atomic E-state index is 12.9. The number of morpholine rings is 1. The Morgan fingerprint density at radius 2 is 1.94 bits per heavy atom. The Morgan fingerprint density at radius 1 is 1.09 bits per heavy atom. The predicted molar refractivity (Wildman–Crippen MR) is 125 cm³/mol. The number of aromatic nitrogens is 2. The van der Waals surface area contributed by atoms with Crippen LogP contribution >= 0.6 is 0 Å². The second-order valence-corrected chi connectivity index (χ2v) is 9.96. The van der Waals surface area contributed by atoms with E-state index in [4.69, 9.17) is 9.47 Å². The molecule has 0 radical (unpaired) electrons. The van der Waals surface area contributed by atoms with Crippen molar-refractivity contribution in [3.8, 4) is 11.6 Å². The summed E-state index contributed by atoms with van der Waals surface area (Å²) in [6.45, 7) is 3.61. The average molecular weight is 465 g/mol. The highest BCUT2D eigenvalue weighted by Gasteiger charge is 2.26. The quantitative estimate of drug-likeness (QED) is 0.589. The summed E-state index contributed by atoms with van der Waals surface area (Å²) in [6.07, 6.45) is 4.72. The van der Waals surface area contributed by atoms with Crippen LogP contribution in [0.5, 0.6) is 11.6 Å². The summed E-state index contributed by atoms with van der Waals surface area (Å²) < 4.78 is 38.5. The first-order valence-electron chi connectivity index (χ1n) is 10.7. The number of sulfonamides is 1. The van der Waals surface area contributed by atoms with Crippen molar-refractivity contribution in [3.63, 3.8) is 0 Å². The molecule has 0 saturated carbocycles. The van der Waals surface area contributed by atoms with Crippen LogP contribution < -0.4 is 10.1 Å². The van der Waals surface area contributed by atoms with E-state index in [9.17, 15) is 8.42 Å². The number of nitrogens with zero attached hydrogens (tertiary/aromatic N) is 3. The van der Waals surface area contributed by atoms with Crippen LogP contribution in [0.2, 0.25) is 0 Å². The van der Waals surface area contributed by atoms with E-state index in [0.29, 0.717) is 49.6 Å². The van der Waals surface area contributed by atoms with Crippen molar-refractivity contribution in [2.24, 2.45) is 0 Å². The summed E-state index contributed by atoms with van der Waals surface area (Å²) in [6, 6.07) is 14.3. The standard InChI is InChI=1S/C24H24N4O4S/c1-17-13-18-5-6-21(15-19(18)14-17)32-23-7-8-25-24(27-23)26-20-3-2-4-22(16-20)33(29,30)28-9-11-31-12-10-28/h2-8,14-16H,9-13H2,1H3,(H,25,26,27). The second-order valence-electron chi connectivity index (χ2n) is 8.02. The third kappa shape index (κ3) is 4.75. The van der Waals surface area contributed by atoms with Gasteiger partial charge in [-0.1, -0.05) is 23.8 Å². The third-order valence-corrected chi connectivity index (χ3v) is 7.43. The highest BCUT2D eigenvalue weighted by Crippen LogP contribution is 2.30. The molecule has 0 spiro atoms. The lowest BCUT2D eigenvalue weighted by atomic mass is 10.1. The van der Waals surface area contributed by atoms with Gasteiger partial charge in [-0.2, -0.15) is 9.29 Å². The molecule has 2 heterocycles. The van der Waals surface area contributed by atoms with E-state index in [1.165, 1.54) is 15.4 Å². The van der Waals surface area contributed by atoms with E-state index in [2.05, 4.69) is 34.4 Å². The minimum absolute atomic E-state index is 0.211. The van der Waals surface area contributed by atoms with Crippen LogP contribution in [0.15, 0.2) is 65.2 Å². The first-order valence-corrected chi connectivity index (χ1v) is 12.2. The van der Waals surface area contributed by atoms with Crippen LogP contribution in [-0.2, 0) is 21.2 Å². The molecule has 1 saturated heterocycles. The van der Waals surface area contributed by atoms with E-state index in [1.807, 2.05) is 12.1 Å². The van der Waals surface area contributed by atoms with Gasteiger partial charge in [-0.15, -0.1) is 0 Å². The van der Waals surface area contributed by atoms with Crippen molar-refractivity contribution >= 4 is 27.7 Å². The normalized spacial score (nSPS) is 16.2. The highest BCUT2D eigenvalue weighted by atomic mass is 32.2. The Kier molecular flexibility index (Phi) is 5.84. The van der Waals surface area contributed by atoms with Gasteiger partial charge in [0.05, 0.1) is 18.1 Å². The molecule has 5 rings (SSSR count). The summed E-state index contributed by atoms with van der Waals surface area (Å²) in [5.74, 6) is 1.40. The van der Waals surface area contributed by atoms with Gasteiger partial charge in [0.15, 0.2) is 0 Å². The minimum Gasteiger partial charge on any atom is -0.439 e. The Bertz CT molecular complexity index is 1320. The monoisotopic (exact) mass is 464 g/mol. The van der Waals surface area contributed by atoms with E-state index in [-0.39, 0.29) is 4.90 Å². The number of fused-ring (bicyclic) bond motifs is 1. The van der Waals surface area contributed by atoms with Gasteiger partial charge < -0.3 is 14.8 Å². The van der Waals surface area contributed by atoms with Gasteiger partial charge in [-0.25, -0.2) is 13.4 Å². The molecule has 1 N–H and O–H groups in total. The van der Waals surface area contributed by atoms with E-state index >= 15 is 0 Å². The van der Waals surface area contributed by atoms with Crippen molar-refractivity contribution < 1.29 is 17.9 Å². The number of rotatable bonds is 6. The van der Waals surface area contributed by atoms with Crippen LogP contribution in [0.4, 0.5) is 11.6 Å². The fraction of sp³-hybridized carbons (Fsp3) is 0.250. The van der Waals surface area contributed by atoms with Crippen LogP contribution in [-0.4, -0.2) is 49.0 Å². The molecule has 33 heavy (non-hydrogen) atoms. The second kappa shape index (κ2) is 8.93. The van der Waals surface area contributed by atoms with E-state index < -0.39 is 10.0 Å². The molecular weight excluding hydrogens is 440 g/mol. The largest absolute Gasteiger partial charge is 0.439 e. The van der Waals surface area contributed by atoms with Crippen molar-refractivity contribution in [1.29, 1.82) is 0 Å². The van der Waals surface area contributed by atoms with Gasteiger partial charge in [0.2, 0.25) is 21.9 Å². The maximum Gasteiger partial charge on any atom is 0.243 e. The maximum absolute atomic E-state index is 12.9. The average Bonchev–Trinajstić information content (AvgIpc) is 3.19. The Balaban J connectivity index is 1.32. The molecule has 1 aliphatic heterocycles.